The number of hydrogen-bond donors (Lipinski definition) is 1. The van der Waals surface area contributed by atoms with Crippen LogP contribution in [0.2, 0.25) is 0 Å². The normalized spacial score (nSPS) is 16.8. The van der Waals surface area contributed by atoms with Crippen LogP contribution in [-0.2, 0) is 16.0 Å². The molecule has 3 rings (SSSR count). The van der Waals surface area contributed by atoms with Gasteiger partial charge in [-0.25, -0.2) is 0 Å². The molecule has 1 fully saturated rings. The molecule has 5 heteroatoms. The average Bonchev–Trinajstić information content (AvgIpc) is 3.01. The van der Waals surface area contributed by atoms with E-state index in [1.54, 1.807) is 4.90 Å². The van der Waals surface area contributed by atoms with Gasteiger partial charge in [0.1, 0.15) is 0 Å². The fraction of sp³-hybridized carbons (Fsp3) is 0.333. The predicted molar refractivity (Wildman–Crippen MR) is 109 cm³/mol. The molecule has 0 aromatic heterocycles. The number of hydrogen-bond acceptors (Lipinski definition) is 2. The third-order valence-electron chi connectivity index (χ3n) is 4.86. The smallest absolute Gasteiger partial charge is 0.229 e. The predicted octanol–water partition coefficient (Wildman–Crippen LogP) is 4.62. The number of amides is 2. The molecule has 1 N–H and O–H groups in total. The second-order valence-corrected chi connectivity index (χ2v) is 7.63. The summed E-state index contributed by atoms with van der Waals surface area (Å²) in [6.45, 7) is 6.51. The maximum absolute atomic E-state index is 12.6. The first kappa shape index (κ1) is 18.6. The lowest BCUT2D eigenvalue weighted by Gasteiger charge is -2.17. The van der Waals surface area contributed by atoms with Crippen molar-refractivity contribution in [2.75, 3.05) is 16.8 Å². The van der Waals surface area contributed by atoms with E-state index >= 15 is 0 Å². The van der Waals surface area contributed by atoms with E-state index in [0.717, 1.165) is 33.4 Å². The van der Waals surface area contributed by atoms with Crippen molar-refractivity contribution in [2.24, 2.45) is 5.92 Å². The molecule has 2 aromatic carbocycles. The van der Waals surface area contributed by atoms with Crippen LogP contribution < -0.4 is 10.2 Å². The summed E-state index contributed by atoms with van der Waals surface area (Å²) in [6, 6.07) is 11.9. The van der Waals surface area contributed by atoms with Crippen LogP contribution in [0.25, 0.3) is 0 Å². The van der Waals surface area contributed by atoms with Crippen molar-refractivity contribution >= 4 is 39.1 Å². The zero-order chi connectivity index (χ0) is 18.8. The van der Waals surface area contributed by atoms with Gasteiger partial charge in [-0.05, 0) is 61.2 Å². The summed E-state index contributed by atoms with van der Waals surface area (Å²) in [5, 5.41) is 2.96. The monoisotopic (exact) mass is 414 g/mol. The Bertz CT molecular complexity index is 823. The minimum Gasteiger partial charge on any atom is -0.326 e. The lowest BCUT2D eigenvalue weighted by molar-refractivity contribution is -0.122. The molecule has 0 spiro atoms. The molecule has 1 atom stereocenters. The number of rotatable bonds is 4. The number of aryl methyl sites for hydroxylation is 3. The van der Waals surface area contributed by atoms with Gasteiger partial charge in [-0.1, -0.05) is 35.0 Å². The van der Waals surface area contributed by atoms with Crippen LogP contribution in [-0.4, -0.2) is 18.4 Å². The average molecular weight is 415 g/mol. The molecule has 0 aliphatic carbocycles. The van der Waals surface area contributed by atoms with E-state index in [4.69, 9.17) is 0 Å². The van der Waals surface area contributed by atoms with Crippen molar-refractivity contribution < 1.29 is 9.59 Å². The highest BCUT2D eigenvalue weighted by Gasteiger charge is 2.35. The molecule has 0 bridgehead atoms. The highest BCUT2D eigenvalue weighted by Crippen LogP contribution is 2.28. The van der Waals surface area contributed by atoms with E-state index in [2.05, 4.69) is 28.2 Å². The first-order valence-electron chi connectivity index (χ1n) is 8.86. The first-order chi connectivity index (χ1) is 12.4. The summed E-state index contributed by atoms with van der Waals surface area (Å²) in [6.07, 6.45) is 1.21. The van der Waals surface area contributed by atoms with Crippen molar-refractivity contribution in [3.63, 3.8) is 0 Å². The summed E-state index contributed by atoms with van der Waals surface area (Å²) in [7, 11) is 0. The fourth-order valence-electron chi connectivity index (χ4n) is 3.31. The highest BCUT2D eigenvalue weighted by molar-refractivity contribution is 9.10. The van der Waals surface area contributed by atoms with E-state index in [0.29, 0.717) is 6.54 Å². The van der Waals surface area contributed by atoms with Crippen molar-refractivity contribution in [2.45, 2.75) is 33.6 Å². The third kappa shape index (κ3) is 3.83. The van der Waals surface area contributed by atoms with E-state index in [-0.39, 0.29) is 24.2 Å². The Morgan fingerprint density at radius 3 is 2.38 bits per heavy atom. The van der Waals surface area contributed by atoms with Crippen molar-refractivity contribution in [1.82, 2.24) is 0 Å². The van der Waals surface area contributed by atoms with E-state index < -0.39 is 0 Å². The third-order valence-corrected chi connectivity index (χ3v) is 6.11. The van der Waals surface area contributed by atoms with Gasteiger partial charge in [-0.15, -0.1) is 0 Å². The van der Waals surface area contributed by atoms with Gasteiger partial charge in [-0.3, -0.25) is 9.59 Å². The number of carbonyl (C=O) groups is 2. The van der Waals surface area contributed by atoms with Crippen molar-refractivity contribution in [3.05, 3.63) is 57.6 Å². The van der Waals surface area contributed by atoms with E-state index in [9.17, 15) is 9.59 Å². The summed E-state index contributed by atoms with van der Waals surface area (Å²) in [5.74, 6) is -0.442. The van der Waals surface area contributed by atoms with Crippen LogP contribution in [0.1, 0.15) is 30.0 Å². The lowest BCUT2D eigenvalue weighted by atomic mass is 10.1. The molecule has 2 amide bonds. The number of halogens is 1. The Kier molecular flexibility index (Phi) is 5.47. The zero-order valence-corrected chi connectivity index (χ0v) is 16.9. The molecule has 26 heavy (non-hydrogen) atoms. The SMILES string of the molecule is CCc1ccc(N2C[C@H](C(=O)Nc3cc(C)c(Br)c(C)c3)CC2=O)cc1. The van der Waals surface area contributed by atoms with Gasteiger partial charge >= 0.3 is 0 Å². The largest absolute Gasteiger partial charge is 0.326 e. The molecule has 4 nitrogen and oxygen atoms in total. The van der Waals surface area contributed by atoms with Gasteiger partial charge in [0.25, 0.3) is 0 Å². The molecule has 0 unspecified atom stereocenters. The van der Waals surface area contributed by atoms with Crippen LogP contribution in [0.3, 0.4) is 0 Å². The van der Waals surface area contributed by atoms with Crippen LogP contribution in [0.5, 0.6) is 0 Å². The Morgan fingerprint density at radius 2 is 1.81 bits per heavy atom. The minimum absolute atomic E-state index is 0.00225. The molecule has 0 radical (unpaired) electrons. The van der Waals surface area contributed by atoms with Gasteiger partial charge in [0.05, 0.1) is 5.92 Å². The Labute approximate surface area is 162 Å². The molecule has 1 saturated heterocycles. The Morgan fingerprint density at radius 1 is 1.19 bits per heavy atom. The van der Waals surface area contributed by atoms with Crippen LogP contribution in [0, 0.1) is 19.8 Å². The fourth-order valence-corrected chi connectivity index (χ4v) is 3.54. The number of benzene rings is 2. The molecule has 0 saturated carbocycles. The highest BCUT2D eigenvalue weighted by atomic mass is 79.9. The Balaban J connectivity index is 1.70. The molecule has 1 aliphatic heterocycles. The number of carbonyl (C=O) groups excluding carboxylic acids is 2. The summed E-state index contributed by atoms with van der Waals surface area (Å²) >= 11 is 3.53. The minimum atomic E-state index is -0.336. The number of anilines is 2. The second kappa shape index (κ2) is 7.62. The van der Waals surface area contributed by atoms with Crippen LogP contribution >= 0.6 is 15.9 Å². The second-order valence-electron chi connectivity index (χ2n) is 6.84. The number of nitrogens with one attached hydrogen (secondary N) is 1. The van der Waals surface area contributed by atoms with Gasteiger partial charge < -0.3 is 10.2 Å². The first-order valence-corrected chi connectivity index (χ1v) is 9.65. The van der Waals surface area contributed by atoms with Gasteiger partial charge in [0.15, 0.2) is 0 Å². The maximum Gasteiger partial charge on any atom is 0.229 e. The molecular weight excluding hydrogens is 392 g/mol. The summed E-state index contributed by atoms with van der Waals surface area (Å²) < 4.78 is 1.05. The molecule has 136 valence electrons. The quantitative estimate of drug-likeness (QED) is 0.792. The van der Waals surface area contributed by atoms with Crippen molar-refractivity contribution in [1.29, 1.82) is 0 Å². The van der Waals surface area contributed by atoms with Gasteiger partial charge in [0, 0.05) is 28.8 Å². The molecule has 2 aromatic rings. The Hall–Kier alpha value is -2.14. The molecular formula is C21H23BrN2O2. The zero-order valence-electron chi connectivity index (χ0n) is 15.3. The standard InChI is InChI=1S/C21H23BrN2O2/c1-4-15-5-7-18(8-6-15)24-12-16(11-19(24)25)21(26)23-17-9-13(2)20(22)14(3)10-17/h5-10,16H,4,11-12H2,1-3H3,(H,23,26)/t16-/m1/s1. The van der Waals surface area contributed by atoms with Crippen molar-refractivity contribution in [3.8, 4) is 0 Å². The van der Waals surface area contributed by atoms with Crippen LogP contribution in [0.4, 0.5) is 11.4 Å². The van der Waals surface area contributed by atoms with E-state index in [1.165, 1.54) is 5.56 Å². The number of nitrogens with zero attached hydrogens (tertiary/aromatic N) is 1. The van der Waals surface area contributed by atoms with E-state index in [1.807, 2.05) is 50.2 Å². The lowest BCUT2D eigenvalue weighted by Crippen LogP contribution is -2.28. The molecule has 1 aliphatic rings. The molecule has 1 heterocycles. The topological polar surface area (TPSA) is 49.4 Å². The maximum atomic E-state index is 12.6. The summed E-state index contributed by atoms with van der Waals surface area (Å²) in [4.78, 5) is 26.7. The van der Waals surface area contributed by atoms with Gasteiger partial charge in [0.2, 0.25) is 11.8 Å². The summed E-state index contributed by atoms with van der Waals surface area (Å²) in [5.41, 5.74) is 5.00. The van der Waals surface area contributed by atoms with Gasteiger partial charge in [-0.2, -0.15) is 0 Å². The van der Waals surface area contributed by atoms with Crippen LogP contribution in [0.15, 0.2) is 40.9 Å².